The van der Waals surface area contributed by atoms with Gasteiger partial charge in [0.15, 0.2) is 0 Å². The first kappa shape index (κ1) is 17.4. The third-order valence-corrected chi connectivity index (χ3v) is 4.56. The van der Waals surface area contributed by atoms with E-state index in [1.165, 1.54) is 0 Å². The third kappa shape index (κ3) is 3.99. The zero-order valence-electron chi connectivity index (χ0n) is 14.7. The summed E-state index contributed by atoms with van der Waals surface area (Å²) in [6.07, 6.45) is 2.95. The molecule has 1 saturated heterocycles. The number of hydrogen-bond donors (Lipinski definition) is 1. The number of fused-ring (bicyclic) bond motifs is 1. The van der Waals surface area contributed by atoms with E-state index in [9.17, 15) is 4.79 Å². The monoisotopic (exact) mass is 344 g/mol. The first-order valence-electron chi connectivity index (χ1n) is 8.57. The fourth-order valence-electron chi connectivity index (χ4n) is 3.21. The lowest BCUT2D eigenvalue weighted by Gasteiger charge is -2.33. The Morgan fingerprint density at radius 3 is 2.92 bits per heavy atom. The van der Waals surface area contributed by atoms with Crippen LogP contribution in [0.4, 0.5) is 0 Å². The van der Waals surface area contributed by atoms with Gasteiger partial charge in [0.05, 0.1) is 24.2 Å². The molecule has 2 N–H and O–H groups in total. The van der Waals surface area contributed by atoms with Crippen molar-refractivity contribution in [2.75, 3.05) is 26.8 Å². The molecule has 0 saturated carbocycles. The van der Waals surface area contributed by atoms with Crippen LogP contribution in [0.1, 0.15) is 25.0 Å². The number of benzene rings is 1. The molecule has 0 radical (unpaired) electrons. The number of carbonyl (C=O) groups excluding carboxylic acids is 1. The van der Waals surface area contributed by atoms with Gasteiger partial charge in [-0.15, -0.1) is 0 Å². The summed E-state index contributed by atoms with van der Waals surface area (Å²) >= 11 is 0. The molecule has 1 aromatic heterocycles. The van der Waals surface area contributed by atoms with Crippen molar-refractivity contribution in [3.8, 4) is 11.6 Å². The molecule has 0 bridgehead atoms. The van der Waals surface area contributed by atoms with Crippen molar-refractivity contribution in [1.82, 2.24) is 14.9 Å². The molecule has 25 heavy (non-hydrogen) atoms. The zero-order valence-corrected chi connectivity index (χ0v) is 14.7. The second-order valence-electron chi connectivity index (χ2n) is 6.27. The van der Waals surface area contributed by atoms with Gasteiger partial charge in [-0.05, 0) is 38.4 Å². The van der Waals surface area contributed by atoms with E-state index < -0.39 is 0 Å². The van der Waals surface area contributed by atoms with Crippen molar-refractivity contribution in [2.24, 2.45) is 5.73 Å². The molecule has 134 valence electrons. The van der Waals surface area contributed by atoms with Crippen LogP contribution in [0.15, 0.2) is 18.2 Å². The maximum Gasteiger partial charge on any atom is 0.235 e. The molecule has 2 aromatic rings. The van der Waals surface area contributed by atoms with Crippen LogP contribution in [0.3, 0.4) is 0 Å². The van der Waals surface area contributed by atoms with Crippen molar-refractivity contribution in [3.05, 3.63) is 23.9 Å². The van der Waals surface area contributed by atoms with E-state index in [1.54, 1.807) is 7.11 Å². The highest BCUT2D eigenvalue weighted by atomic mass is 16.5. The lowest BCUT2D eigenvalue weighted by Crippen LogP contribution is -2.49. The van der Waals surface area contributed by atoms with Crippen LogP contribution in [0.25, 0.3) is 11.0 Å². The Labute approximate surface area is 147 Å². The summed E-state index contributed by atoms with van der Waals surface area (Å²) in [5, 5.41) is 0. The van der Waals surface area contributed by atoms with Gasteiger partial charge in [0, 0.05) is 12.6 Å². The van der Waals surface area contributed by atoms with Crippen molar-refractivity contribution in [1.29, 1.82) is 0 Å². The van der Waals surface area contributed by atoms with Crippen molar-refractivity contribution < 1.29 is 14.3 Å². The number of carbonyl (C=O) groups is 1. The van der Waals surface area contributed by atoms with Gasteiger partial charge in [-0.1, -0.05) is 6.42 Å². The fraction of sp³-hybridized carbons (Fsp3) is 0.500. The predicted octanol–water partition coefficient (Wildman–Crippen LogP) is 1.67. The van der Waals surface area contributed by atoms with E-state index in [4.69, 9.17) is 15.2 Å². The molecule has 3 rings (SSSR count). The standard InChI is InChI=1S/C18H24N4O3/c1-12-18(21-15-11-13(24-2)6-7-14(15)20-12)25-10-9-22-8-4-3-5-16(22)17(19)23/h6-7,11,16H,3-5,8-10H2,1-2H3,(H2,19,23). The summed E-state index contributed by atoms with van der Waals surface area (Å²) in [6, 6.07) is 5.38. The van der Waals surface area contributed by atoms with Gasteiger partial charge in [-0.2, -0.15) is 0 Å². The molecular formula is C18H24N4O3. The van der Waals surface area contributed by atoms with Gasteiger partial charge in [-0.25, -0.2) is 9.97 Å². The van der Waals surface area contributed by atoms with Gasteiger partial charge >= 0.3 is 0 Å². The van der Waals surface area contributed by atoms with Gasteiger partial charge in [-0.3, -0.25) is 9.69 Å². The summed E-state index contributed by atoms with van der Waals surface area (Å²) in [4.78, 5) is 22.7. The Bertz CT molecular complexity index is 765. The highest BCUT2D eigenvalue weighted by Crippen LogP contribution is 2.22. The quantitative estimate of drug-likeness (QED) is 0.857. The number of primary amides is 1. The van der Waals surface area contributed by atoms with Gasteiger partial charge in [0.1, 0.15) is 18.1 Å². The fourth-order valence-corrected chi connectivity index (χ4v) is 3.21. The number of nitrogens with two attached hydrogens (primary N) is 1. The molecule has 1 fully saturated rings. The average molecular weight is 344 g/mol. The number of amides is 1. The summed E-state index contributed by atoms with van der Waals surface area (Å²) < 4.78 is 11.1. The number of aromatic nitrogens is 2. The molecule has 1 aliphatic heterocycles. The number of hydrogen-bond acceptors (Lipinski definition) is 6. The van der Waals surface area contributed by atoms with E-state index in [-0.39, 0.29) is 11.9 Å². The van der Waals surface area contributed by atoms with Crippen LogP contribution in [-0.4, -0.2) is 53.6 Å². The maximum absolute atomic E-state index is 11.6. The predicted molar refractivity (Wildman–Crippen MR) is 94.7 cm³/mol. The summed E-state index contributed by atoms with van der Waals surface area (Å²) in [5.41, 5.74) is 7.77. The Hall–Kier alpha value is -2.41. The summed E-state index contributed by atoms with van der Waals surface area (Å²) in [7, 11) is 1.62. The highest BCUT2D eigenvalue weighted by molar-refractivity contribution is 5.80. The number of methoxy groups -OCH3 is 1. The van der Waals surface area contributed by atoms with E-state index in [0.717, 1.165) is 48.3 Å². The maximum atomic E-state index is 11.6. The Morgan fingerprint density at radius 2 is 2.16 bits per heavy atom. The summed E-state index contributed by atoms with van der Waals surface area (Å²) in [5.74, 6) is 0.982. The third-order valence-electron chi connectivity index (χ3n) is 4.56. The highest BCUT2D eigenvalue weighted by Gasteiger charge is 2.26. The topological polar surface area (TPSA) is 90.6 Å². The molecule has 7 nitrogen and oxygen atoms in total. The van der Waals surface area contributed by atoms with Crippen molar-refractivity contribution in [2.45, 2.75) is 32.2 Å². The molecule has 1 aromatic carbocycles. The lowest BCUT2D eigenvalue weighted by atomic mass is 10.0. The summed E-state index contributed by atoms with van der Waals surface area (Å²) in [6.45, 7) is 3.83. The van der Waals surface area contributed by atoms with Crippen molar-refractivity contribution in [3.63, 3.8) is 0 Å². The van der Waals surface area contributed by atoms with Crippen LogP contribution in [0.2, 0.25) is 0 Å². The Morgan fingerprint density at radius 1 is 1.32 bits per heavy atom. The minimum atomic E-state index is -0.256. The first-order chi connectivity index (χ1) is 12.1. The van der Waals surface area contributed by atoms with Crippen LogP contribution in [0, 0.1) is 6.92 Å². The Balaban J connectivity index is 1.68. The number of likely N-dealkylation sites (tertiary alicyclic amines) is 1. The largest absolute Gasteiger partial charge is 0.497 e. The van der Waals surface area contributed by atoms with Crippen LogP contribution in [0.5, 0.6) is 11.6 Å². The Kier molecular flexibility index (Phi) is 5.33. The molecule has 2 heterocycles. The van der Waals surface area contributed by atoms with E-state index in [2.05, 4.69) is 14.9 Å². The van der Waals surface area contributed by atoms with Crippen LogP contribution in [-0.2, 0) is 4.79 Å². The smallest absolute Gasteiger partial charge is 0.235 e. The van der Waals surface area contributed by atoms with Gasteiger partial charge in [0.25, 0.3) is 0 Å². The molecule has 1 aliphatic rings. The molecule has 1 atom stereocenters. The van der Waals surface area contributed by atoms with E-state index in [1.807, 2.05) is 25.1 Å². The molecule has 7 heteroatoms. The van der Waals surface area contributed by atoms with Crippen molar-refractivity contribution >= 4 is 16.9 Å². The minimum absolute atomic E-state index is 0.189. The second kappa shape index (κ2) is 7.65. The molecule has 1 unspecified atom stereocenters. The number of nitrogens with zero attached hydrogens (tertiary/aromatic N) is 3. The average Bonchev–Trinajstić information content (AvgIpc) is 2.62. The number of piperidine rings is 1. The SMILES string of the molecule is COc1ccc2nc(C)c(OCCN3CCCCC3C(N)=O)nc2c1. The number of aryl methyl sites for hydroxylation is 1. The minimum Gasteiger partial charge on any atom is -0.497 e. The number of rotatable bonds is 6. The normalized spacial score (nSPS) is 18.2. The van der Waals surface area contributed by atoms with Crippen LogP contribution < -0.4 is 15.2 Å². The molecule has 1 amide bonds. The van der Waals surface area contributed by atoms with E-state index in [0.29, 0.717) is 19.0 Å². The molecular weight excluding hydrogens is 320 g/mol. The molecule has 0 spiro atoms. The second-order valence-corrected chi connectivity index (χ2v) is 6.27. The van der Waals surface area contributed by atoms with Crippen LogP contribution >= 0.6 is 0 Å². The first-order valence-corrected chi connectivity index (χ1v) is 8.57. The lowest BCUT2D eigenvalue weighted by molar-refractivity contribution is -0.124. The number of ether oxygens (including phenoxy) is 2. The van der Waals surface area contributed by atoms with Gasteiger partial charge < -0.3 is 15.2 Å². The molecule has 0 aliphatic carbocycles. The van der Waals surface area contributed by atoms with Gasteiger partial charge in [0.2, 0.25) is 11.8 Å². The zero-order chi connectivity index (χ0) is 17.8. The van der Waals surface area contributed by atoms with E-state index >= 15 is 0 Å².